The summed E-state index contributed by atoms with van der Waals surface area (Å²) in [6.07, 6.45) is 2.85. The second kappa shape index (κ2) is 15.1. The fourth-order valence-electron chi connectivity index (χ4n) is 10.1. The predicted octanol–water partition coefficient (Wildman–Crippen LogP) is 8.75. The van der Waals surface area contributed by atoms with E-state index in [0.717, 1.165) is 23.2 Å². The Morgan fingerprint density at radius 3 is 1.84 bits per heavy atom. The molecule has 0 saturated heterocycles. The van der Waals surface area contributed by atoms with Gasteiger partial charge in [-0.05, 0) is 102 Å². The first-order valence-electron chi connectivity index (χ1n) is 21.1. The number of hydrogen-bond donors (Lipinski definition) is 0. The number of halogens is 5. The summed E-state index contributed by atoms with van der Waals surface area (Å²) in [5.41, 5.74) is 7.60. The monoisotopic (exact) mass is 876 g/mol. The zero-order valence-corrected chi connectivity index (χ0v) is 36.1. The minimum Gasteiger partial charge on any atom is -0.341 e. The zero-order chi connectivity index (χ0) is 45.0. The van der Waals surface area contributed by atoms with E-state index < -0.39 is 18.7 Å². The third kappa shape index (κ3) is 6.53. The maximum atomic E-state index is 16.4. The van der Waals surface area contributed by atoms with Crippen molar-refractivity contribution in [1.82, 2.24) is 37.8 Å². The summed E-state index contributed by atoms with van der Waals surface area (Å²) in [6, 6.07) is 13.3. The van der Waals surface area contributed by atoms with Crippen molar-refractivity contribution in [3.8, 4) is 22.3 Å². The van der Waals surface area contributed by atoms with Gasteiger partial charge in [-0.15, -0.1) is 0 Å². The van der Waals surface area contributed by atoms with Crippen molar-refractivity contribution in [1.29, 1.82) is 0 Å². The summed E-state index contributed by atoms with van der Waals surface area (Å²) in [5.74, 6) is -0.950. The summed E-state index contributed by atoms with van der Waals surface area (Å²) in [5, 5.41) is 8.43. The van der Waals surface area contributed by atoms with E-state index >= 15 is 4.39 Å². The van der Waals surface area contributed by atoms with Gasteiger partial charge in [0.1, 0.15) is 5.82 Å². The van der Waals surface area contributed by atoms with Gasteiger partial charge in [0.05, 0.1) is 40.1 Å². The molecule has 0 amide bonds. The molecule has 1 atom stereocenters. The van der Waals surface area contributed by atoms with Crippen molar-refractivity contribution in [2.45, 2.75) is 45.6 Å². The highest BCUT2D eigenvalue weighted by Gasteiger charge is 2.33. The van der Waals surface area contributed by atoms with Crippen LogP contribution in [0.5, 0.6) is 0 Å². The second-order valence-electron chi connectivity index (χ2n) is 17.3. The molecule has 6 heterocycles. The van der Waals surface area contributed by atoms with Crippen molar-refractivity contribution < 1.29 is 22.0 Å². The van der Waals surface area contributed by atoms with Gasteiger partial charge >= 0.3 is 11.4 Å². The van der Waals surface area contributed by atoms with Crippen LogP contribution in [0, 0.1) is 18.7 Å². The van der Waals surface area contributed by atoms with Crippen LogP contribution < -0.4 is 21.2 Å². The third-order valence-electron chi connectivity index (χ3n) is 13.2. The number of aromatic nitrogens is 8. The van der Waals surface area contributed by atoms with Gasteiger partial charge in [0, 0.05) is 113 Å². The molecule has 1 unspecified atom stereocenters. The maximum Gasteiger partial charge on any atom is 0.328 e. The SMILES string of the molecule is Cc1cc(N2CCCc3cc(-c4cnn(C)c4)c(C(F)F)cc32)cc2c1n(CC1Cc3cc(-c4cnn(C)c4)c(C(F)F)cc3N(c3cc4c(cc3F)n(C)c(=O)n4C)C1)c(=O)n2C. The van der Waals surface area contributed by atoms with Crippen molar-refractivity contribution in [2.24, 2.45) is 41.2 Å². The molecule has 0 N–H and O–H groups in total. The van der Waals surface area contributed by atoms with Gasteiger partial charge in [0.15, 0.2) is 0 Å². The number of benzene rings is 4. The normalized spacial score (nSPS) is 15.4. The predicted molar refractivity (Wildman–Crippen MR) is 237 cm³/mol. The molecule has 0 bridgehead atoms. The van der Waals surface area contributed by atoms with Crippen LogP contribution in [-0.4, -0.2) is 50.9 Å². The summed E-state index contributed by atoms with van der Waals surface area (Å²) in [4.78, 5) is 31.0. The minimum absolute atomic E-state index is 0.0799. The number of anilines is 4. The Hall–Kier alpha value is -6.91. The summed E-state index contributed by atoms with van der Waals surface area (Å²) in [7, 11) is 8.32. The molecule has 12 nitrogen and oxygen atoms in total. The molecule has 64 heavy (non-hydrogen) atoms. The molecule has 0 spiro atoms. The Balaban J connectivity index is 1.07. The molecule has 4 aromatic carbocycles. The van der Waals surface area contributed by atoms with E-state index in [1.54, 1.807) is 95.4 Å². The fourth-order valence-corrected chi connectivity index (χ4v) is 10.1. The van der Waals surface area contributed by atoms with Crippen LogP contribution in [0.4, 0.5) is 44.7 Å². The number of rotatable bonds is 8. The number of imidazole rings is 2. The highest BCUT2D eigenvalue weighted by molar-refractivity contribution is 5.87. The average molecular weight is 877 g/mol. The number of aryl methyl sites for hydroxylation is 7. The summed E-state index contributed by atoms with van der Waals surface area (Å²) in [6.45, 7) is 2.89. The van der Waals surface area contributed by atoms with Gasteiger partial charge in [-0.25, -0.2) is 31.5 Å². The molecule has 330 valence electrons. The first kappa shape index (κ1) is 41.1. The zero-order valence-electron chi connectivity index (χ0n) is 36.1. The Labute approximate surface area is 363 Å². The fraction of sp³-hybridized carbons (Fsp3) is 0.319. The van der Waals surface area contributed by atoms with Crippen molar-refractivity contribution in [3.63, 3.8) is 0 Å². The van der Waals surface area contributed by atoms with E-state index in [9.17, 15) is 27.2 Å². The Morgan fingerprint density at radius 1 is 0.672 bits per heavy atom. The lowest BCUT2D eigenvalue weighted by atomic mass is 9.87. The maximum absolute atomic E-state index is 16.4. The second-order valence-corrected chi connectivity index (χ2v) is 17.3. The van der Waals surface area contributed by atoms with Gasteiger partial charge in [0.25, 0.3) is 12.9 Å². The lowest BCUT2D eigenvalue weighted by Crippen LogP contribution is -2.37. The Morgan fingerprint density at radius 2 is 1.25 bits per heavy atom. The van der Waals surface area contributed by atoms with E-state index in [0.29, 0.717) is 80.6 Å². The first-order chi connectivity index (χ1) is 30.6. The molecule has 2 aliphatic heterocycles. The number of alkyl halides is 4. The Bertz CT molecular complexity index is 3310. The summed E-state index contributed by atoms with van der Waals surface area (Å²) >= 11 is 0. The lowest BCUT2D eigenvalue weighted by molar-refractivity contribution is 0.151. The largest absolute Gasteiger partial charge is 0.341 e. The van der Waals surface area contributed by atoms with E-state index in [4.69, 9.17) is 0 Å². The molecular weight excluding hydrogens is 832 g/mol. The number of nitrogens with zero attached hydrogens (tertiary/aromatic N) is 10. The van der Waals surface area contributed by atoms with Gasteiger partial charge in [-0.3, -0.25) is 27.6 Å². The molecule has 0 saturated carbocycles. The number of hydrogen-bond acceptors (Lipinski definition) is 6. The summed E-state index contributed by atoms with van der Waals surface area (Å²) < 4.78 is 84.9. The standard InChI is InChI=1S/C47H45F5N10O2/c1-25-10-31(60-9-7-8-27-12-32(29-19-53-55(2)23-29)34(44(49)50)15-37(27)60)14-42-43(25)62(47(64)59(42)6)22-26-11-28-13-33(30-20-54-56(3)24-30)35(45(51)52)16-38(28)61(21-26)39-18-41-40(17-36(39)48)57(4)46(63)58(41)5/h10,12-20,23-24,26,44-45H,7-9,11,21-22H2,1-6H3. The van der Waals surface area contributed by atoms with E-state index in [1.165, 1.54) is 27.5 Å². The molecule has 17 heteroatoms. The molecule has 10 rings (SSSR count). The molecule has 0 radical (unpaired) electrons. The van der Waals surface area contributed by atoms with E-state index in [2.05, 4.69) is 10.2 Å². The van der Waals surface area contributed by atoms with Crippen LogP contribution in [0.2, 0.25) is 0 Å². The molecule has 0 aliphatic carbocycles. The highest BCUT2D eigenvalue weighted by Crippen LogP contribution is 2.45. The average Bonchev–Trinajstić information content (AvgIpc) is 4.02. The van der Waals surface area contributed by atoms with Crippen LogP contribution in [0.15, 0.2) is 82.9 Å². The molecule has 2 aliphatic rings. The van der Waals surface area contributed by atoms with Crippen LogP contribution in [-0.2, 0) is 54.6 Å². The van der Waals surface area contributed by atoms with E-state index in [1.807, 2.05) is 30.0 Å². The highest BCUT2D eigenvalue weighted by atomic mass is 19.3. The van der Waals surface area contributed by atoms with Crippen molar-refractivity contribution in [2.75, 3.05) is 22.9 Å². The molecule has 0 fully saturated rings. The van der Waals surface area contributed by atoms with Gasteiger partial charge in [-0.2, -0.15) is 10.2 Å². The Kier molecular flexibility index (Phi) is 9.72. The first-order valence-corrected chi connectivity index (χ1v) is 21.1. The van der Waals surface area contributed by atoms with Crippen LogP contribution in [0.1, 0.15) is 47.1 Å². The van der Waals surface area contributed by atoms with Gasteiger partial charge < -0.3 is 9.80 Å². The van der Waals surface area contributed by atoms with Gasteiger partial charge in [-0.1, -0.05) is 0 Å². The minimum atomic E-state index is -2.85. The smallest absolute Gasteiger partial charge is 0.328 e. The number of fused-ring (bicyclic) bond motifs is 4. The van der Waals surface area contributed by atoms with Crippen LogP contribution in [0.3, 0.4) is 0 Å². The van der Waals surface area contributed by atoms with Crippen LogP contribution in [0.25, 0.3) is 44.3 Å². The third-order valence-corrected chi connectivity index (χ3v) is 13.2. The van der Waals surface area contributed by atoms with Gasteiger partial charge in [0.2, 0.25) is 0 Å². The molecular formula is C47H45F5N10O2. The van der Waals surface area contributed by atoms with Crippen molar-refractivity contribution >= 4 is 44.8 Å². The topological polar surface area (TPSA) is 96.0 Å². The molecule has 8 aromatic rings. The van der Waals surface area contributed by atoms with E-state index in [-0.39, 0.29) is 47.2 Å². The quantitative estimate of drug-likeness (QED) is 0.142. The van der Waals surface area contributed by atoms with Crippen LogP contribution >= 0.6 is 0 Å². The van der Waals surface area contributed by atoms with Crippen molar-refractivity contribution in [3.05, 3.63) is 128 Å². The molecule has 4 aromatic heterocycles. The lowest BCUT2D eigenvalue weighted by Gasteiger charge is -2.37.